The molecule has 0 unspecified atom stereocenters. The number of benzene rings is 2. The molecule has 22 heavy (non-hydrogen) atoms. The van der Waals surface area contributed by atoms with Gasteiger partial charge < -0.3 is 4.42 Å². The average molecular weight is 379 g/mol. The number of amides is 1. The lowest BCUT2D eigenvalue weighted by Crippen LogP contribution is -2.11. The van der Waals surface area contributed by atoms with Crippen LogP contribution in [0.4, 0.5) is 6.01 Å². The predicted molar refractivity (Wildman–Crippen MR) is 86.8 cm³/mol. The van der Waals surface area contributed by atoms with Gasteiger partial charge in [0.15, 0.2) is 0 Å². The minimum absolute atomic E-state index is 0.0397. The van der Waals surface area contributed by atoms with Crippen molar-refractivity contribution < 1.29 is 9.21 Å². The zero-order valence-electron chi connectivity index (χ0n) is 11.1. The van der Waals surface area contributed by atoms with Gasteiger partial charge in [-0.2, -0.15) is 0 Å². The van der Waals surface area contributed by atoms with Gasteiger partial charge >= 0.3 is 6.01 Å². The lowest BCUT2D eigenvalue weighted by molar-refractivity contribution is 0.102. The molecule has 0 atom stereocenters. The molecule has 0 aliphatic heterocycles. The molecular weight excluding hydrogens is 370 g/mol. The van der Waals surface area contributed by atoms with E-state index in [2.05, 4.69) is 31.4 Å². The van der Waals surface area contributed by atoms with Crippen molar-refractivity contribution in [1.82, 2.24) is 10.2 Å². The maximum absolute atomic E-state index is 12.0. The SMILES string of the molecule is O=C(Nc1nnc(-c2ccc(Br)cc2)o1)c1ccc(Cl)cc1. The number of rotatable bonds is 3. The van der Waals surface area contributed by atoms with E-state index in [-0.39, 0.29) is 11.9 Å². The van der Waals surface area contributed by atoms with Crippen molar-refractivity contribution in [2.45, 2.75) is 0 Å². The Morgan fingerprint density at radius 2 is 1.73 bits per heavy atom. The maximum atomic E-state index is 12.0. The zero-order valence-corrected chi connectivity index (χ0v) is 13.4. The van der Waals surface area contributed by atoms with Crippen LogP contribution in [0.25, 0.3) is 11.5 Å². The van der Waals surface area contributed by atoms with Gasteiger partial charge in [-0.1, -0.05) is 32.6 Å². The fourth-order valence-electron chi connectivity index (χ4n) is 1.75. The minimum Gasteiger partial charge on any atom is -0.403 e. The Morgan fingerprint density at radius 1 is 1.05 bits per heavy atom. The Bertz CT molecular complexity index is 800. The summed E-state index contributed by atoms with van der Waals surface area (Å²) < 4.78 is 6.38. The third kappa shape index (κ3) is 3.35. The number of carbonyl (C=O) groups excluding carboxylic acids is 1. The molecule has 1 amide bonds. The van der Waals surface area contributed by atoms with E-state index in [4.69, 9.17) is 16.0 Å². The van der Waals surface area contributed by atoms with Crippen LogP contribution in [0.1, 0.15) is 10.4 Å². The van der Waals surface area contributed by atoms with E-state index in [0.717, 1.165) is 10.0 Å². The first kappa shape index (κ1) is 14.7. The fourth-order valence-corrected chi connectivity index (χ4v) is 2.14. The number of hydrogen-bond acceptors (Lipinski definition) is 4. The smallest absolute Gasteiger partial charge is 0.322 e. The normalized spacial score (nSPS) is 10.5. The van der Waals surface area contributed by atoms with E-state index in [1.54, 1.807) is 24.3 Å². The summed E-state index contributed by atoms with van der Waals surface area (Å²) in [5.41, 5.74) is 1.22. The first-order chi connectivity index (χ1) is 10.6. The van der Waals surface area contributed by atoms with Gasteiger partial charge in [0.05, 0.1) is 0 Å². The molecule has 5 nitrogen and oxygen atoms in total. The van der Waals surface area contributed by atoms with Gasteiger partial charge in [0.1, 0.15) is 0 Å². The molecule has 0 aliphatic rings. The molecule has 3 rings (SSSR count). The second-order valence-electron chi connectivity index (χ2n) is 4.38. The van der Waals surface area contributed by atoms with Crippen molar-refractivity contribution >= 4 is 39.5 Å². The predicted octanol–water partition coefficient (Wildman–Crippen LogP) is 4.40. The average Bonchev–Trinajstić information content (AvgIpc) is 2.97. The summed E-state index contributed by atoms with van der Waals surface area (Å²) in [6.07, 6.45) is 0. The summed E-state index contributed by atoms with van der Waals surface area (Å²) in [5.74, 6) is -0.0124. The molecule has 1 aromatic heterocycles. The lowest BCUT2D eigenvalue weighted by atomic mass is 10.2. The Hall–Kier alpha value is -2.18. The van der Waals surface area contributed by atoms with E-state index in [1.165, 1.54) is 0 Å². The Morgan fingerprint density at radius 3 is 2.41 bits per heavy atom. The van der Waals surface area contributed by atoms with E-state index < -0.39 is 0 Å². The van der Waals surface area contributed by atoms with Crippen molar-refractivity contribution in [2.75, 3.05) is 5.32 Å². The molecule has 7 heteroatoms. The quantitative estimate of drug-likeness (QED) is 0.733. The van der Waals surface area contributed by atoms with Gasteiger partial charge in [0.25, 0.3) is 5.91 Å². The molecule has 0 saturated carbocycles. The molecule has 3 aromatic rings. The van der Waals surface area contributed by atoms with Crippen LogP contribution < -0.4 is 5.32 Å². The zero-order chi connectivity index (χ0) is 15.5. The van der Waals surface area contributed by atoms with Crippen LogP contribution in [0.15, 0.2) is 57.4 Å². The van der Waals surface area contributed by atoms with Crippen LogP contribution in [0.2, 0.25) is 5.02 Å². The molecule has 0 bridgehead atoms. The van der Waals surface area contributed by atoms with Crippen LogP contribution in [-0.2, 0) is 0 Å². The van der Waals surface area contributed by atoms with Gasteiger partial charge in [-0.05, 0) is 48.5 Å². The highest BCUT2D eigenvalue weighted by molar-refractivity contribution is 9.10. The number of aromatic nitrogens is 2. The molecule has 110 valence electrons. The highest BCUT2D eigenvalue weighted by Gasteiger charge is 2.12. The number of nitrogens with zero attached hydrogens (tertiary/aromatic N) is 2. The molecule has 2 aromatic carbocycles. The Balaban J connectivity index is 1.75. The Kier molecular flexibility index (Phi) is 4.22. The van der Waals surface area contributed by atoms with Crippen LogP contribution >= 0.6 is 27.5 Å². The third-order valence-corrected chi connectivity index (χ3v) is 3.62. The number of hydrogen-bond donors (Lipinski definition) is 1. The van der Waals surface area contributed by atoms with E-state index in [0.29, 0.717) is 16.5 Å². The van der Waals surface area contributed by atoms with Crippen LogP contribution in [-0.4, -0.2) is 16.1 Å². The fraction of sp³-hybridized carbons (Fsp3) is 0. The van der Waals surface area contributed by atoms with E-state index in [1.807, 2.05) is 24.3 Å². The summed E-state index contributed by atoms with van der Waals surface area (Å²) in [6, 6.07) is 13.9. The van der Waals surface area contributed by atoms with Crippen molar-refractivity contribution in [2.24, 2.45) is 0 Å². The summed E-state index contributed by atoms with van der Waals surface area (Å²) in [4.78, 5) is 12.0. The number of carbonyl (C=O) groups is 1. The molecule has 1 N–H and O–H groups in total. The van der Waals surface area contributed by atoms with Crippen molar-refractivity contribution in [3.63, 3.8) is 0 Å². The highest BCUT2D eigenvalue weighted by Crippen LogP contribution is 2.22. The number of nitrogens with one attached hydrogen (secondary N) is 1. The van der Waals surface area contributed by atoms with Gasteiger partial charge in [-0.15, -0.1) is 5.10 Å². The summed E-state index contributed by atoms with van der Waals surface area (Å²) in [7, 11) is 0. The van der Waals surface area contributed by atoms with Crippen LogP contribution in [0, 0.1) is 0 Å². The largest absolute Gasteiger partial charge is 0.403 e. The molecule has 0 saturated heterocycles. The van der Waals surface area contributed by atoms with Gasteiger partial charge in [-0.3, -0.25) is 10.1 Å². The van der Waals surface area contributed by atoms with Crippen LogP contribution in [0.3, 0.4) is 0 Å². The van der Waals surface area contributed by atoms with E-state index >= 15 is 0 Å². The van der Waals surface area contributed by atoms with E-state index in [9.17, 15) is 4.79 Å². The molecule has 0 aliphatic carbocycles. The highest BCUT2D eigenvalue weighted by atomic mass is 79.9. The molecule has 0 fully saturated rings. The van der Waals surface area contributed by atoms with Crippen LogP contribution in [0.5, 0.6) is 0 Å². The monoisotopic (exact) mass is 377 g/mol. The summed E-state index contributed by atoms with van der Waals surface area (Å²) in [5, 5.41) is 10.8. The lowest BCUT2D eigenvalue weighted by Gasteiger charge is -2.00. The molecule has 1 heterocycles. The third-order valence-electron chi connectivity index (χ3n) is 2.84. The molecular formula is C15H9BrClN3O2. The number of anilines is 1. The Labute approximate surface area is 139 Å². The molecule has 0 spiro atoms. The maximum Gasteiger partial charge on any atom is 0.322 e. The second kappa shape index (κ2) is 6.29. The topological polar surface area (TPSA) is 68.0 Å². The van der Waals surface area contributed by atoms with Crippen molar-refractivity contribution in [3.05, 3.63) is 63.6 Å². The number of halogens is 2. The van der Waals surface area contributed by atoms with Crippen molar-refractivity contribution in [1.29, 1.82) is 0 Å². The summed E-state index contributed by atoms with van der Waals surface area (Å²) in [6.45, 7) is 0. The summed E-state index contributed by atoms with van der Waals surface area (Å²) >= 11 is 9.14. The second-order valence-corrected chi connectivity index (χ2v) is 5.73. The minimum atomic E-state index is -0.345. The molecule has 0 radical (unpaired) electrons. The first-order valence-electron chi connectivity index (χ1n) is 6.28. The van der Waals surface area contributed by atoms with Gasteiger partial charge in [0.2, 0.25) is 5.89 Å². The van der Waals surface area contributed by atoms with Crippen molar-refractivity contribution in [3.8, 4) is 11.5 Å². The first-order valence-corrected chi connectivity index (χ1v) is 7.45. The standard InChI is InChI=1S/C15H9BrClN3O2/c16-11-5-1-10(2-6-11)14-19-20-15(22-14)18-13(21)9-3-7-12(17)8-4-9/h1-8H,(H,18,20,21). The van der Waals surface area contributed by atoms with Gasteiger partial charge in [-0.25, -0.2) is 0 Å². The van der Waals surface area contributed by atoms with Gasteiger partial charge in [0, 0.05) is 20.6 Å².